The molecular weight excluding hydrogens is 286 g/mol. The zero-order valence-corrected chi connectivity index (χ0v) is 14.2. The highest BCUT2D eigenvalue weighted by Crippen LogP contribution is 2.37. The molecule has 1 aromatic heterocycles. The van der Waals surface area contributed by atoms with Crippen LogP contribution in [0.5, 0.6) is 5.75 Å². The number of ether oxygens (including phenoxy) is 1. The lowest BCUT2D eigenvalue weighted by atomic mass is 9.91. The molecule has 2 rings (SSSR count). The van der Waals surface area contributed by atoms with E-state index in [9.17, 15) is 5.26 Å². The predicted molar refractivity (Wildman–Crippen MR) is 93.2 cm³/mol. The topological polar surface area (TPSA) is 71.9 Å². The van der Waals surface area contributed by atoms with Crippen molar-refractivity contribution in [3.05, 3.63) is 41.1 Å². The Labute approximate surface area is 137 Å². The van der Waals surface area contributed by atoms with Crippen LogP contribution in [-0.4, -0.2) is 12.1 Å². The van der Waals surface area contributed by atoms with Crippen LogP contribution in [-0.2, 0) is 6.42 Å². The molecule has 0 saturated heterocycles. The first-order valence-electron chi connectivity index (χ1n) is 7.85. The lowest BCUT2D eigenvalue weighted by Gasteiger charge is -2.18. The minimum Gasteiger partial charge on any atom is -0.496 e. The van der Waals surface area contributed by atoms with Gasteiger partial charge in [0.25, 0.3) is 0 Å². The van der Waals surface area contributed by atoms with Crippen molar-refractivity contribution >= 4 is 5.82 Å². The summed E-state index contributed by atoms with van der Waals surface area (Å²) in [6.07, 6.45) is 1.92. The Bertz CT molecular complexity index is 747. The van der Waals surface area contributed by atoms with Crippen molar-refractivity contribution in [1.29, 1.82) is 5.26 Å². The first-order chi connectivity index (χ1) is 11.0. The van der Waals surface area contributed by atoms with Crippen LogP contribution < -0.4 is 10.5 Å². The van der Waals surface area contributed by atoms with Crippen molar-refractivity contribution < 1.29 is 4.74 Å². The summed E-state index contributed by atoms with van der Waals surface area (Å²) in [6.45, 7) is 6.36. The van der Waals surface area contributed by atoms with E-state index < -0.39 is 0 Å². The van der Waals surface area contributed by atoms with Crippen LogP contribution in [0.2, 0.25) is 0 Å². The third-order valence-corrected chi connectivity index (χ3v) is 4.30. The number of rotatable bonds is 5. The maximum atomic E-state index is 9.56. The average Bonchev–Trinajstić information content (AvgIpc) is 2.57. The summed E-state index contributed by atoms with van der Waals surface area (Å²) in [4.78, 5) is 4.49. The maximum absolute atomic E-state index is 9.56. The van der Waals surface area contributed by atoms with Gasteiger partial charge in [0.15, 0.2) is 0 Å². The number of hydrogen-bond donors (Lipinski definition) is 1. The van der Waals surface area contributed by atoms with Crippen LogP contribution in [0.1, 0.15) is 37.1 Å². The molecule has 120 valence electrons. The van der Waals surface area contributed by atoms with Crippen LogP contribution >= 0.6 is 0 Å². The molecule has 1 atom stereocenters. The Morgan fingerprint density at radius 2 is 2.04 bits per heavy atom. The molecule has 2 N–H and O–H groups in total. The molecule has 2 aromatic rings. The van der Waals surface area contributed by atoms with Crippen molar-refractivity contribution in [2.75, 3.05) is 12.8 Å². The van der Waals surface area contributed by atoms with Gasteiger partial charge in [0.05, 0.1) is 7.11 Å². The number of nitrogens with zero attached hydrogens (tertiary/aromatic N) is 2. The van der Waals surface area contributed by atoms with Gasteiger partial charge in [-0.25, -0.2) is 4.98 Å². The van der Waals surface area contributed by atoms with Gasteiger partial charge in [-0.15, -0.1) is 0 Å². The molecule has 4 heteroatoms. The second-order valence-corrected chi connectivity index (χ2v) is 5.85. The highest BCUT2D eigenvalue weighted by molar-refractivity contribution is 5.82. The van der Waals surface area contributed by atoms with E-state index in [0.717, 1.165) is 41.0 Å². The van der Waals surface area contributed by atoms with Gasteiger partial charge in [-0.05, 0) is 30.9 Å². The van der Waals surface area contributed by atoms with Crippen molar-refractivity contribution in [3.63, 3.8) is 0 Å². The Balaban J connectivity index is 2.73. The normalized spacial score (nSPS) is 11.8. The molecule has 0 aliphatic heterocycles. The lowest BCUT2D eigenvalue weighted by Crippen LogP contribution is -2.09. The van der Waals surface area contributed by atoms with Crippen LogP contribution in [0, 0.1) is 24.2 Å². The van der Waals surface area contributed by atoms with Gasteiger partial charge < -0.3 is 10.5 Å². The smallest absolute Gasteiger partial charge is 0.142 e. The Morgan fingerprint density at radius 1 is 1.35 bits per heavy atom. The average molecular weight is 309 g/mol. The number of nitrogen functional groups attached to an aromatic ring is 1. The third-order valence-electron chi connectivity index (χ3n) is 4.30. The summed E-state index contributed by atoms with van der Waals surface area (Å²) in [5, 5.41) is 9.56. The number of anilines is 1. The van der Waals surface area contributed by atoms with E-state index in [1.54, 1.807) is 7.11 Å². The van der Waals surface area contributed by atoms with E-state index in [1.165, 1.54) is 0 Å². The maximum Gasteiger partial charge on any atom is 0.142 e. The van der Waals surface area contributed by atoms with E-state index in [0.29, 0.717) is 11.5 Å². The van der Waals surface area contributed by atoms with Gasteiger partial charge in [0, 0.05) is 16.8 Å². The molecule has 1 aromatic carbocycles. The zero-order valence-electron chi connectivity index (χ0n) is 14.2. The molecule has 0 saturated carbocycles. The molecule has 1 heterocycles. The monoisotopic (exact) mass is 309 g/mol. The third kappa shape index (κ3) is 3.29. The first-order valence-corrected chi connectivity index (χ1v) is 7.85. The second-order valence-electron chi connectivity index (χ2n) is 5.85. The largest absolute Gasteiger partial charge is 0.496 e. The van der Waals surface area contributed by atoms with E-state index in [1.807, 2.05) is 31.2 Å². The fourth-order valence-corrected chi connectivity index (χ4v) is 2.72. The number of nitriles is 1. The molecule has 0 spiro atoms. The van der Waals surface area contributed by atoms with Gasteiger partial charge in [-0.1, -0.05) is 38.5 Å². The molecule has 4 nitrogen and oxygen atoms in total. The molecule has 0 bridgehead atoms. The highest BCUT2D eigenvalue weighted by atomic mass is 16.5. The number of para-hydroxylation sites is 1. The Kier molecular flexibility index (Phi) is 5.23. The summed E-state index contributed by atoms with van der Waals surface area (Å²) < 4.78 is 5.47. The molecule has 0 unspecified atom stereocenters. The predicted octanol–water partition coefficient (Wildman–Crippen LogP) is 4.11. The standard InChI is InChI=1S/C19H23N3O/c1-5-12(2)10-16-13(3)18(15(11-20)19(21)22-16)14-8-6-7-9-17(14)23-4/h6-9,12H,5,10H2,1-4H3,(H2,21,22)/t12-/m1/s1. The van der Waals surface area contributed by atoms with Gasteiger partial charge >= 0.3 is 0 Å². The summed E-state index contributed by atoms with van der Waals surface area (Å²) in [6, 6.07) is 9.89. The van der Waals surface area contributed by atoms with Crippen molar-refractivity contribution in [1.82, 2.24) is 4.98 Å². The lowest BCUT2D eigenvalue weighted by molar-refractivity contribution is 0.416. The quantitative estimate of drug-likeness (QED) is 0.902. The molecule has 0 aliphatic carbocycles. The fraction of sp³-hybridized carbons (Fsp3) is 0.368. The van der Waals surface area contributed by atoms with Crippen LogP contribution in [0.25, 0.3) is 11.1 Å². The van der Waals surface area contributed by atoms with Crippen molar-refractivity contribution in [2.45, 2.75) is 33.6 Å². The Morgan fingerprint density at radius 3 is 2.65 bits per heavy atom. The summed E-state index contributed by atoms with van der Waals surface area (Å²) in [5.74, 6) is 1.53. The molecule has 0 fully saturated rings. The van der Waals surface area contributed by atoms with E-state index in [4.69, 9.17) is 10.5 Å². The second kappa shape index (κ2) is 7.15. The molecule has 0 amide bonds. The number of benzene rings is 1. The molecule has 0 radical (unpaired) electrons. The van der Waals surface area contributed by atoms with E-state index >= 15 is 0 Å². The van der Waals surface area contributed by atoms with Gasteiger partial charge in [0.1, 0.15) is 23.2 Å². The number of hydrogen-bond acceptors (Lipinski definition) is 4. The van der Waals surface area contributed by atoms with Crippen molar-refractivity contribution in [2.24, 2.45) is 5.92 Å². The summed E-state index contributed by atoms with van der Waals surface area (Å²) in [7, 11) is 1.63. The van der Waals surface area contributed by atoms with Crippen LogP contribution in [0.4, 0.5) is 5.82 Å². The first kappa shape index (κ1) is 16.8. The Hall–Kier alpha value is -2.54. The number of aromatic nitrogens is 1. The fourth-order valence-electron chi connectivity index (χ4n) is 2.72. The molecule has 0 aliphatic rings. The highest BCUT2D eigenvalue weighted by Gasteiger charge is 2.20. The van der Waals surface area contributed by atoms with Gasteiger partial charge in [-0.3, -0.25) is 0 Å². The van der Waals surface area contributed by atoms with Crippen LogP contribution in [0.3, 0.4) is 0 Å². The summed E-state index contributed by atoms with van der Waals surface area (Å²) >= 11 is 0. The van der Waals surface area contributed by atoms with E-state index in [-0.39, 0.29) is 5.82 Å². The van der Waals surface area contributed by atoms with Crippen molar-refractivity contribution in [3.8, 4) is 22.9 Å². The SMILES string of the molecule is CC[C@@H](C)Cc1nc(N)c(C#N)c(-c2ccccc2OC)c1C. The molecule has 23 heavy (non-hydrogen) atoms. The van der Waals surface area contributed by atoms with Crippen LogP contribution in [0.15, 0.2) is 24.3 Å². The molecular formula is C19H23N3O. The van der Waals surface area contributed by atoms with E-state index in [2.05, 4.69) is 24.9 Å². The number of nitrogens with two attached hydrogens (primary N) is 1. The minimum absolute atomic E-state index is 0.289. The number of methoxy groups -OCH3 is 1. The summed E-state index contributed by atoms with van der Waals surface area (Å²) in [5.41, 5.74) is 10.2. The van der Waals surface area contributed by atoms with Gasteiger partial charge in [0.2, 0.25) is 0 Å². The number of pyridine rings is 1. The zero-order chi connectivity index (χ0) is 17.0. The van der Waals surface area contributed by atoms with Gasteiger partial charge in [-0.2, -0.15) is 5.26 Å². The minimum atomic E-state index is 0.289.